The maximum absolute atomic E-state index is 9.68. The number of hydrogen-bond donors (Lipinski definition) is 1. The number of aryl methyl sites for hydroxylation is 3. The Morgan fingerprint density at radius 1 is 1.05 bits per heavy atom. The molecule has 0 atom stereocenters. The Labute approximate surface area is 142 Å². The standard InChI is InChI=1S/C16H17NO.2ClH.Ti/c1-11-8-12(2)16(13(3)9-11)17-10-14-6-4-5-7-15(14)18;;;/h4-10,18H,1-3H3;2*1H;/q;;;+2/p-2. The van der Waals surface area contributed by atoms with Crippen LogP contribution in [0.1, 0.15) is 22.3 Å². The molecule has 2 rings (SSSR count). The van der Waals surface area contributed by atoms with Gasteiger partial charge in [-0.15, -0.1) is 0 Å². The third-order valence-corrected chi connectivity index (χ3v) is 2.90. The van der Waals surface area contributed by atoms with Crippen molar-refractivity contribution in [1.29, 1.82) is 0 Å². The molecule has 2 nitrogen and oxygen atoms in total. The van der Waals surface area contributed by atoms with Crippen molar-refractivity contribution in [3.8, 4) is 5.75 Å². The zero-order valence-corrected chi connectivity index (χ0v) is 15.3. The molecule has 0 saturated heterocycles. The minimum atomic E-state index is -0.556. The molecule has 0 unspecified atom stereocenters. The van der Waals surface area contributed by atoms with Crippen LogP contribution in [0.5, 0.6) is 5.75 Å². The quantitative estimate of drug-likeness (QED) is 0.562. The second-order valence-electron chi connectivity index (χ2n) is 4.64. The van der Waals surface area contributed by atoms with E-state index in [1.807, 2.05) is 12.1 Å². The normalized spacial score (nSPS) is 10.1. The monoisotopic (exact) mass is 357 g/mol. The Bertz CT molecular complexity index is 606. The molecular formula is C16H17Cl2NOTi. The Balaban J connectivity index is 0.000000677. The van der Waals surface area contributed by atoms with E-state index in [4.69, 9.17) is 18.6 Å². The topological polar surface area (TPSA) is 32.6 Å². The predicted molar refractivity (Wildman–Crippen MR) is 87.7 cm³/mol. The van der Waals surface area contributed by atoms with Crippen LogP contribution in [0.4, 0.5) is 5.69 Å². The Morgan fingerprint density at radius 3 is 2.10 bits per heavy atom. The molecule has 110 valence electrons. The predicted octanol–water partition coefficient (Wildman–Crippen LogP) is 5.44. The van der Waals surface area contributed by atoms with Crippen molar-refractivity contribution in [2.75, 3.05) is 0 Å². The van der Waals surface area contributed by atoms with Crippen molar-refractivity contribution in [2.24, 2.45) is 4.99 Å². The molecule has 0 aliphatic rings. The molecule has 0 heterocycles. The van der Waals surface area contributed by atoms with Crippen LogP contribution >= 0.6 is 18.6 Å². The summed E-state index contributed by atoms with van der Waals surface area (Å²) in [5, 5.41) is 9.68. The van der Waals surface area contributed by atoms with Gasteiger partial charge in [-0.1, -0.05) is 29.8 Å². The van der Waals surface area contributed by atoms with E-state index in [1.165, 1.54) is 5.56 Å². The first kappa shape index (κ1) is 18.3. The van der Waals surface area contributed by atoms with Crippen molar-refractivity contribution in [3.63, 3.8) is 0 Å². The summed E-state index contributed by atoms with van der Waals surface area (Å²) < 4.78 is 0. The number of nitrogens with zero attached hydrogens (tertiary/aromatic N) is 1. The van der Waals surface area contributed by atoms with Gasteiger partial charge in [0.2, 0.25) is 0 Å². The summed E-state index contributed by atoms with van der Waals surface area (Å²) in [5.74, 6) is 0.253. The number of para-hydroxylation sites is 1. The van der Waals surface area contributed by atoms with Crippen LogP contribution in [0.25, 0.3) is 0 Å². The molecule has 2 aromatic carbocycles. The molecule has 2 aromatic rings. The van der Waals surface area contributed by atoms with Crippen molar-refractivity contribution >= 4 is 30.5 Å². The van der Waals surface area contributed by atoms with Crippen molar-refractivity contribution in [3.05, 3.63) is 58.7 Å². The van der Waals surface area contributed by atoms with Gasteiger partial charge in [-0.25, -0.2) is 0 Å². The molecule has 0 radical (unpaired) electrons. The van der Waals surface area contributed by atoms with Gasteiger partial charge in [0.1, 0.15) is 5.75 Å². The van der Waals surface area contributed by atoms with Crippen molar-refractivity contribution < 1.29 is 22.1 Å². The zero-order chi connectivity index (χ0) is 15.8. The summed E-state index contributed by atoms with van der Waals surface area (Å²) in [4.78, 5) is 4.49. The third-order valence-electron chi connectivity index (χ3n) is 2.90. The fourth-order valence-corrected chi connectivity index (χ4v) is 2.11. The number of aliphatic imine (C=N–C) groups is 1. The number of phenolic OH excluding ortho intramolecular Hbond substituents is 1. The number of aromatic hydroxyl groups is 1. The van der Waals surface area contributed by atoms with Crippen LogP contribution in [0.15, 0.2) is 41.4 Å². The van der Waals surface area contributed by atoms with Crippen LogP contribution in [-0.2, 0) is 17.0 Å². The summed E-state index contributed by atoms with van der Waals surface area (Å²) in [7, 11) is 9.78. The van der Waals surface area contributed by atoms with Gasteiger partial charge in [-0.3, -0.25) is 4.99 Å². The molecule has 0 aliphatic heterocycles. The fourth-order valence-electron chi connectivity index (χ4n) is 2.11. The SMILES string of the molecule is Cc1cc(C)c(N=Cc2ccccc2O)c(C)c1.[Cl][Ti][Cl]. The Morgan fingerprint density at radius 2 is 1.57 bits per heavy atom. The van der Waals surface area contributed by atoms with E-state index in [0.717, 1.165) is 22.4 Å². The van der Waals surface area contributed by atoms with Crippen LogP contribution in [0.2, 0.25) is 0 Å². The van der Waals surface area contributed by atoms with Gasteiger partial charge in [0.15, 0.2) is 0 Å². The van der Waals surface area contributed by atoms with E-state index >= 15 is 0 Å². The van der Waals surface area contributed by atoms with Crippen LogP contribution in [-0.4, -0.2) is 11.3 Å². The molecule has 0 aliphatic carbocycles. The van der Waals surface area contributed by atoms with Gasteiger partial charge in [0.05, 0.1) is 5.69 Å². The summed E-state index contributed by atoms with van der Waals surface area (Å²) >= 11 is -0.556. The van der Waals surface area contributed by atoms with Gasteiger partial charge in [-0.2, -0.15) is 0 Å². The van der Waals surface area contributed by atoms with Crippen LogP contribution in [0.3, 0.4) is 0 Å². The van der Waals surface area contributed by atoms with Gasteiger partial charge < -0.3 is 5.11 Å². The first-order valence-electron chi connectivity index (χ1n) is 6.35. The van der Waals surface area contributed by atoms with Crippen molar-refractivity contribution in [1.82, 2.24) is 0 Å². The molecular weight excluding hydrogens is 341 g/mol. The molecule has 1 N–H and O–H groups in total. The number of halogens is 2. The first-order valence-corrected chi connectivity index (χ1v) is 10.7. The van der Waals surface area contributed by atoms with Gasteiger partial charge >= 0.3 is 35.6 Å². The van der Waals surface area contributed by atoms with Crippen LogP contribution in [0, 0.1) is 20.8 Å². The van der Waals surface area contributed by atoms with Gasteiger partial charge in [0.25, 0.3) is 0 Å². The van der Waals surface area contributed by atoms with Crippen molar-refractivity contribution in [2.45, 2.75) is 20.8 Å². The molecule has 0 spiro atoms. The molecule has 0 saturated carbocycles. The second-order valence-corrected chi connectivity index (χ2v) is 7.21. The minimum absolute atomic E-state index is 0.253. The third kappa shape index (κ3) is 5.84. The Hall–Kier alpha value is -0.796. The first-order chi connectivity index (χ1) is 9.99. The van der Waals surface area contributed by atoms with Crippen LogP contribution < -0.4 is 0 Å². The molecule has 5 heteroatoms. The number of benzene rings is 2. The van der Waals surface area contributed by atoms with Gasteiger partial charge in [-0.05, 0) is 44.0 Å². The summed E-state index contributed by atoms with van der Waals surface area (Å²) in [5.41, 5.74) is 5.26. The average molecular weight is 358 g/mol. The number of hydrogen-bond acceptors (Lipinski definition) is 2. The van der Waals surface area contributed by atoms with E-state index in [1.54, 1.807) is 18.3 Å². The fraction of sp³-hybridized carbons (Fsp3) is 0.188. The number of rotatable bonds is 2. The molecule has 0 bridgehead atoms. The molecule has 0 aromatic heterocycles. The number of phenols is 1. The van der Waals surface area contributed by atoms with E-state index in [9.17, 15) is 5.11 Å². The van der Waals surface area contributed by atoms with Gasteiger partial charge in [0, 0.05) is 11.8 Å². The Kier molecular flexibility index (Phi) is 8.06. The van der Waals surface area contributed by atoms with E-state index in [0.29, 0.717) is 0 Å². The average Bonchev–Trinajstić information content (AvgIpc) is 2.40. The summed E-state index contributed by atoms with van der Waals surface area (Å²) in [6.45, 7) is 6.19. The second kappa shape index (κ2) is 9.27. The van der Waals surface area contributed by atoms with E-state index in [-0.39, 0.29) is 5.75 Å². The summed E-state index contributed by atoms with van der Waals surface area (Å²) in [6, 6.07) is 11.4. The molecule has 0 fully saturated rings. The summed E-state index contributed by atoms with van der Waals surface area (Å²) in [6.07, 6.45) is 1.71. The molecule has 0 amide bonds. The maximum atomic E-state index is 9.68. The zero-order valence-electron chi connectivity index (χ0n) is 12.2. The van der Waals surface area contributed by atoms with E-state index in [2.05, 4.69) is 37.9 Å². The molecule has 21 heavy (non-hydrogen) atoms. The van der Waals surface area contributed by atoms with E-state index < -0.39 is 17.0 Å².